The zero-order chi connectivity index (χ0) is 15.0. The largest absolute Gasteiger partial charge is 0.489 e. The van der Waals surface area contributed by atoms with Crippen LogP contribution >= 0.6 is 27.3 Å². The second kappa shape index (κ2) is 5.50. The number of carbonyl (C=O) groups is 2. The molecule has 0 unspecified atom stereocenters. The molecule has 1 aromatic heterocycles. The maximum Gasteiger partial charge on any atom is 0.339 e. The first kappa shape index (κ1) is 14.1. The Labute approximate surface area is 132 Å². The summed E-state index contributed by atoms with van der Waals surface area (Å²) in [4.78, 5) is 25.4. The van der Waals surface area contributed by atoms with Crippen LogP contribution in [-0.4, -0.2) is 30.1 Å². The van der Waals surface area contributed by atoms with E-state index < -0.39 is 5.97 Å². The fourth-order valence-corrected chi connectivity index (χ4v) is 3.34. The first-order valence-corrected chi connectivity index (χ1v) is 7.80. The number of thiophene rings is 1. The number of carboxylic acid groups (broad SMARTS) is 1. The van der Waals surface area contributed by atoms with Gasteiger partial charge in [0.1, 0.15) is 12.2 Å². The highest BCUT2D eigenvalue weighted by atomic mass is 79.9. The number of nitrogens with zero attached hydrogens (tertiary/aromatic N) is 1. The summed E-state index contributed by atoms with van der Waals surface area (Å²) in [5.41, 5.74) is 1.13. The fraction of sp³-hybridized carbons (Fsp3) is 0.143. The van der Waals surface area contributed by atoms with Crippen LogP contribution in [0.2, 0.25) is 0 Å². The molecule has 1 aliphatic rings. The molecule has 5 nitrogen and oxygen atoms in total. The summed E-state index contributed by atoms with van der Waals surface area (Å²) in [5.74, 6) is -0.984. The first-order valence-electron chi connectivity index (χ1n) is 6.13. The number of benzene rings is 1. The van der Waals surface area contributed by atoms with E-state index in [9.17, 15) is 14.7 Å². The number of para-hydroxylation sites is 1. The molecule has 1 N–H and O–H groups in total. The molecule has 3 rings (SSSR count). The number of ether oxygens (including phenoxy) is 1. The lowest BCUT2D eigenvalue weighted by atomic mass is 10.1. The number of carboxylic acids is 1. The Morgan fingerprint density at radius 3 is 2.86 bits per heavy atom. The van der Waals surface area contributed by atoms with Crippen LogP contribution in [0, 0.1) is 0 Å². The van der Waals surface area contributed by atoms with Crippen molar-refractivity contribution in [1.82, 2.24) is 0 Å². The van der Waals surface area contributed by atoms with E-state index in [4.69, 9.17) is 4.74 Å². The van der Waals surface area contributed by atoms with Gasteiger partial charge in [0.05, 0.1) is 21.6 Å². The van der Waals surface area contributed by atoms with Crippen molar-refractivity contribution in [3.63, 3.8) is 0 Å². The van der Waals surface area contributed by atoms with Gasteiger partial charge in [0, 0.05) is 5.38 Å². The van der Waals surface area contributed by atoms with Gasteiger partial charge in [0.25, 0.3) is 5.91 Å². The smallest absolute Gasteiger partial charge is 0.339 e. The number of aromatic carboxylic acids is 1. The predicted octanol–water partition coefficient (Wildman–Crippen LogP) is 3.25. The highest BCUT2D eigenvalue weighted by Gasteiger charge is 2.28. The van der Waals surface area contributed by atoms with Crippen molar-refractivity contribution < 1.29 is 19.4 Å². The number of halogens is 1. The quantitative estimate of drug-likeness (QED) is 0.884. The Morgan fingerprint density at radius 1 is 1.38 bits per heavy atom. The third-order valence-electron chi connectivity index (χ3n) is 3.14. The molecule has 0 saturated carbocycles. The summed E-state index contributed by atoms with van der Waals surface area (Å²) in [6, 6.07) is 6.53. The van der Waals surface area contributed by atoms with E-state index >= 15 is 0 Å². The van der Waals surface area contributed by atoms with Crippen LogP contribution in [-0.2, 0) is 0 Å². The maximum absolute atomic E-state index is 12.6. The van der Waals surface area contributed by atoms with Crippen LogP contribution < -0.4 is 9.64 Å². The molecule has 1 aromatic carbocycles. The van der Waals surface area contributed by atoms with Crippen LogP contribution in [0.5, 0.6) is 5.75 Å². The van der Waals surface area contributed by atoms with Crippen LogP contribution in [0.3, 0.4) is 0 Å². The van der Waals surface area contributed by atoms with Crippen molar-refractivity contribution >= 4 is 44.8 Å². The van der Waals surface area contributed by atoms with E-state index in [1.165, 1.54) is 17.4 Å². The van der Waals surface area contributed by atoms with Crippen LogP contribution in [0.15, 0.2) is 33.4 Å². The molecule has 0 aliphatic carbocycles. The normalized spacial score (nSPS) is 13.5. The first-order chi connectivity index (χ1) is 10.1. The average Bonchev–Trinajstić information content (AvgIpc) is 2.91. The minimum absolute atomic E-state index is 0.0662. The molecule has 7 heteroatoms. The number of rotatable bonds is 2. The Kier molecular flexibility index (Phi) is 3.69. The molecule has 1 aliphatic heterocycles. The lowest BCUT2D eigenvalue weighted by Crippen LogP contribution is -2.38. The highest BCUT2D eigenvalue weighted by molar-refractivity contribution is 9.11. The van der Waals surface area contributed by atoms with Crippen molar-refractivity contribution in [2.24, 2.45) is 0 Å². The summed E-state index contributed by atoms with van der Waals surface area (Å²) in [6.45, 7) is 0.663. The molecule has 0 saturated heterocycles. The van der Waals surface area contributed by atoms with Crippen molar-refractivity contribution in [1.29, 1.82) is 0 Å². The number of carbonyl (C=O) groups excluding carboxylic acids is 1. The maximum atomic E-state index is 12.6. The van der Waals surface area contributed by atoms with Gasteiger partial charge in [-0.3, -0.25) is 4.79 Å². The Hall–Kier alpha value is -1.86. The van der Waals surface area contributed by atoms with Crippen LogP contribution in [0.25, 0.3) is 0 Å². The molecule has 0 atom stereocenters. The number of amides is 1. The predicted molar refractivity (Wildman–Crippen MR) is 82.6 cm³/mol. The lowest BCUT2D eigenvalue weighted by molar-refractivity contribution is 0.0690. The van der Waals surface area contributed by atoms with Gasteiger partial charge in [-0.25, -0.2) is 4.79 Å². The van der Waals surface area contributed by atoms with Gasteiger partial charge >= 0.3 is 5.97 Å². The lowest BCUT2D eigenvalue weighted by Gasteiger charge is -2.30. The molecule has 2 heterocycles. The van der Waals surface area contributed by atoms with E-state index in [0.717, 1.165) is 3.79 Å². The van der Waals surface area contributed by atoms with Crippen molar-refractivity contribution in [3.05, 3.63) is 44.6 Å². The molecule has 0 bridgehead atoms. The topological polar surface area (TPSA) is 66.8 Å². The molecule has 1 amide bonds. The second-order valence-corrected chi connectivity index (χ2v) is 6.69. The van der Waals surface area contributed by atoms with Gasteiger partial charge in [-0.2, -0.15) is 0 Å². The summed E-state index contributed by atoms with van der Waals surface area (Å²) in [5, 5.41) is 11.0. The van der Waals surface area contributed by atoms with Crippen LogP contribution in [0.1, 0.15) is 20.7 Å². The molecule has 108 valence electrons. The minimum atomic E-state index is -1.07. The van der Waals surface area contributed by atoms with Gasteiger partial charge < -0.3 is 14.7 Å². The van der Waals surface area contributed by atoms with Gasteiger partial charge in [0.2, 0.25) is 0 Å². The number of anilines is 1. The SMILES string of the molecule is O=C(O)c1cccc2c1OCCN2C(=O)c1csc(Br)c1. The average molecular weight is 368 g/mol. The Bertz CT molecular complexity index is 728. The van der Waals surface area contributed by atoms with Gasteiger partial charge in [0.15, 0.2) is 5.75 Å². The highest BCUT2D eigenvalue weighted by Crippen LogP contribution is 2.36. The number of hydrogen-bond donors (Lipinski definition) is 1. The van der Waals surface area contributed by atoms with Crippen molar-refractivity contribution in [3.8, 4) is 5.75 Å². The molecule has 0 spiro atoms. The van der Waals surface area contributed by atoms with Crippen LogP contribution in [0.4, 0.5) is 5.69 Å². The molecular weight excluding hydrogens is 358 g/mol. The van der Waals surface area contributed by atoms with Gasteiger partial charge in [-0.05, 0) is 34.1 Å². The second-order valence-electron chi connectivity index (χ2n) is 4.40. The summed E-state index contributed by atoms with van der Waals surface area (Å²) < 4.78 is 6.33. The minimum Gasteiger partial charge on any atom is -0.489 e. The van der Waals surface area contributed by atoms with E-state index in [1.54, 1.807) is 28.5 Å². The van der Waals surface area contributed by atoms with E-state index in [-0.39, 0.29) is 23.8 Å². The molecule has 21 heavy (non-hydrogen) atoms. The summed E-state index contributed by atoms with van der Waals surface area (Å²) in [7, 11) is 0. The van der Waals surface area contributed by atoms with E-state index in [2.05, 4.69) is 15.9 Å². The van der Waals surface area contributed by atoms with Crippen molar-refractivity contribution in [2.75, 3.05) is 18.1 Å². The Balaban J connectivity index is 2.03. The third-order valence-corrected chi connectivity index (χ3v) is 4.64. The zero-order valence-corrected chi connectivity index (χ0v) is 13.1. The third kappa shape index (κ3) is 2.54. The zero-order valence-electron chi connectivity index (χ0n) is 10.7. The number of fused-ring (bicyclic) bond motifs is 1. The van der Waals surface area contributed by atoms with E-state index in [1.807, 2.05) is 0 Å². The number of hydrogen-bond acceptors (Lipinski definition) is 4. The monoisotopic (exact) mass is 367 g/mol. The van der Waals surface area contributed by atoms with Crippen molar-refractivity contribution in [2.45, 2.75) is 0 Å². The van der Waals surface area contributed by atoms with E-state index in [0.29, 0.717) is 17.8 Å². The molecular formula is C14H10BrNO4S. The summed E-state index contributed by atoms with van der Waals surface area (Å²) in [6.07, 6.45) is 0. The fourth-order valence-electron chi connectivity index (χ4n) is 2.21. The summed E-state index contributed by atoms with van der Waals surface area (Å²) >= 11 is 4.76. The molecule has 0 radical (unpaired) electrons. The molecule has 0 fully saturated rings. The van der Waals surface area contributed by atoms with Gasteiger partial charge in [-0.15, -0.1) is 11.3 Å². The Morgan fingerprint density at radius 2 is 2.19 bits per heavy atom. The van der Waals surface area contributed by atoms with Gasteiger partial charge in [-0.1, -0.05) is 6.07 Å². The standard InChI is InChI=1S/C14H10BrNO4S/c15-11-6-8(7-21-11)13(17)16-4-5-20-12-9(14(18)19)2-1-3-10(12)16/h1-3,6-7H,4-5H2,(H,18,19). The molecule has 2 aromatic rings.